The number of thiazole rings is 1. The molecule has 4 heteroatoms. The number of hydrogen-bond donors (Lipinski definition) is 0. The molecule has 0 saturated heterocycles. The lowest BCUT2D eigenvalue weighted by atomic mass is 10.1. The zero-order valence-electron chi connectivity index (χ0n) is 9.48. The van der Waals surface area contributed by atoms with Crippen molar-refractivity contribution < 1.29 is 9.47 Å². The third kappa shape index (κ3) is 2.02. The molecule has 1 aromatic heterocycles. The molecular formula is C12H13NO2S. The van der Waals surface area contributed by atoms with Crippen LogP contribution in [0.2, 0.25) is 0 Å². The van der Waals surface area contributed by atoms with Crippen LogP contribution >= 0.6 is 11.3 Å². The minimum atomic E-state index is 0.678. The standard InChI is InChI=1S/C12H13NO2S/c1-8-4-5-9(14-2)6-10(8)11-7-16-12(13-11)15-3/h4-7H,1-3H3. The predicted molar refractivity (Wildman–Crippen MR) is 65.4 cm³/mol. The molecular weight excluding hydrogens is 222 g/mol. The van der Waals surface area contributed by atoms with Crippen LogP contribution in [0.3, 0.4) is 0 Å². The Hall–Kier alpha value is -1.55. The highest BCUT2D eigenvalue weighted by Crippen LogP contribution is 2.30. The number of aryl methyl sites for hydroxylation is 1. The highest BCUT2D eigenvalue weighted by atomic mass is 32.1. The van der Waals surface area contributed by atoms with Crippen molar-refractivity contribution in [3.63, 3.8) is 0 Å². The Balaban J connectivity index is 2.45. The second-order valence-corrected chi connectivity index (χ2v) is 4.20. The maximum atomic E-state index is 5.21. The summed E-state index contributed by atoms with van der Waals surface area (Å²) in [5.74, 6) is 0.840. The molecule has 1 aromatic carbocycles. The molecule has 0 amide bonds. The number of ether oxygens (including phenoxy) is 2. The van der Waals surface area contributed by atoms with Gasteiger partial charge in [0.1, 0.15) is 5.75 Å². The SMILES string of the molecule is COc1ccc(C)c(-c2csc(OC)n2)c1. The van der Waals surface area contributed by atoms with E-state index < -0.39 is 0 Å². The average molecular weight is 235 g/mol. The van der Waals surface area contributed by atoms with Crippen LogP contribution in [-0.4, -0.2) is 19.2 Å². The summed E-state index contributed by atoms with van der Waals surface area (Å²) < 4.78 is 10.3. The second kappa shape index (κ2) is 4.53. The first-order valence-electron chi connectivity index (χ1n) is 4.89. The van der Waals surface area contributed by atoms with Crippen molar-refractivity contribution in [2.45, 2.75) is 6.92 Å². The number of methoxy groups -OCH3 is 2. The van der Waals surface area contributed by atoms with Crippen molar-refractivity contribution in [2.75, 3.05) is 14.2 Å². The quantitative estimate of drug-likeness (QED) is 0.819. The Morgan fingerprint density at radius 3 is 2.62 bits per heavy atom. The van der Waals surface area contributed by atoms with Gasteiger partial charge in [-0.1, -0.05) is 17.4 Å². The highest BCUT2D eigenvalue weighted by Gasteiger charge is 2.08. The molecule has 0 radical (unpaired) electrons. The van der Waals surface area contributed by atoms with Crippen molar-refractivity contribution >= 4 is 11.3 Å². The summed E-state index contributed by atoms with van der Waals surface area (Å²) >= 11 is 1.49. The predicted octanol–water partition coefficient (Wildman–Crippen LogP) is 3.14. The lowest BCUT2D eigenvalue weighted by Crippen LogP contribution is -1.88. The van der Waals surface area contributed by atoms with E-state index in [0.29, 0.717) is 5.19 Å². The Labute approximate surface area is 98.7 Å². The third-order valence-electron chi connectivity index (χ3n) is 2.38. The number of benzene rings is 1. The van der Waals surface area contributed by atoms with Gasteiger partial charge in [-0.05, 0) is 24.6 Å². The molecule has 0 aliphatic carbocycles. The monoisotopic (exact) mass is 235 g/mol. The molecule has 3 nitrogen and oxygen atoms in total. The van der Waals surface area contributed by atoms with Gasteiger partial charge in [0, 0.05) is 10.9 Å². The van der Waals surface area contributed by atoms with Crippen LogP contribution in [0.1, 0.15) is 5.56 Å². The minimum Gasteiger partial charge on any atom is -0.497 e. The highest BCUT2D eigenvalue weighted by molar-refractivity contribution is 7.11. The largest absolute Gasteiger partial charge is 0.497 e. The number of rotatable bonds is 3. The van der Waals surface area contributed by atoms with Crippen molar-refractivity contribution in [1.82, 2.24) is 4.98 Å². The Morgan fingerprint density at radius 1 is 1.19 bits per heavy atom. The van der Waals surface area contributed by atoms with Crippen molar-refractivity contribution in [1.29, 1.82) is 0 Å². The molecule has 1 heterocycles. The van der Waals surface area contributed by atoms with Gasteiger partial charge in [-0.3, -0.25) is 0 Å². The third-order valence-corrected chi connectivity index (χ3v) is 3.18. The van der Waals surface area contributed by atoms with Gasteiger partial charge in [0.15, 0.2) is 0 Å². The number of nitrogens with zero attached hydrogens (tertiary/aromatic N) is 1. The van der Waals surface area contributed by atoms with E-state index in [-0.39, 0.29) is 0 Å². The first kappa shape index (κ1) is 11.0. The van der Waals surface area contributed by atoms with Crippen LogP contribution in [0.4, 0.5) is 0 Å². The van der Waals surface area contributed by atoms with Gasteiger partial charge in [0.25, 0.3) is 5.19 Å². The summed E-state index contributed by atoms with van der Waals surface area (Å²) in [5, 5.41) is 2.66. The van der Waals surface area contributed by atoms with Crippen LogP contribution in [-0.2, 0) is 0 Å². The fraction of sp³-hybridized carbons (Fsp3) is 0.250. The molecule has 0 spiro atoms. The molecule has 2 rings (SSSR count). The Kier molecular flexibility index (Phi) is 3.10. The van der Waals surface area contributed by atoms with Gasteiger partial charge in [0.2, 0.25) is 0 Å². The van der Waals surface area contributed by atoms with Gasteiger partial charge in [-0.15, -0.1) is 0 Å². The van der Waals surface area contributed by atoms with Gasteiger partial charge in [-0.2, -0.15) is 0 Å². The van der Waals surface area contributed by atoms with E-state index in [1.54, 1.807) is 14.2 Å². The molecule has 2 aromatic rings. The second-order valence-electron chi connectivity index (χ2n) is 3.38. The summed E-state index contributed by atoms with van der Waals surface area (Å²) in [6, 6.07) is 5.96. The van der Waals surface area contributed by atoms with E-state index in [1.165, 1.54) is 16.9 Å². The van der Waals surface area contributed by atoms with E-state index in [1.807, 2.05) is 23.6 Å². The Bertz CT molecular complexity index is 494. The maximum absolute atomic E-state index is 5.21. The number of aromatic nitrogens is 1. The molecule has 0 aliphatic heterocycles. The molecule has 0 unspecified atom stereocenters. The zero-order chi connectivity index (χ0) is 11.5. The minimum absolute atomic E-state index is 0.678. The van der Waals surface area contributed by atoms with Gasteiger partial charge in [-0.25, -0.2) is 4.98 Å². The maximum Gasteiger partial charge on any atom is 0.273 e. The van der Waals surface area contributed by atoms with Crippen LogP contribution in [0, 0.1) is 6.92 Å². The van der Waals surface area contributed by atoms with E-state index in [0.717, 1.165) is 17.0 Å². The summed E-state index contributed by atoms with van der Waals surface area (Å²) in [6.07, 6.45) is 0. The van der Waals surface area contributed by atoms with Crippen LogP contribution in [0.5, 0.6) is 10.9 Å². The Morgan fingerprint density at radius 2 is 2.00 bits per heavy atom. The summed E-state index contributed by atoms with van der Waals surface area (Å²) in [6.45, 7) is 2.06. The van der Waals surface area contributed by atoms with E-state index in [9.17, 15) is 0 Å². The van der Waals surface area contributed by atoms with Crippen molar-refractivity contribution in [3.05, 3.63) is 29.1 Å². The molecule has 0 atom stereocenters. The molecule has 0 bridgehead atoms. The van der Waals surface area contributed by atoms with Gasteiger partial charge >= 0.3 is 0 Å². The summed E-state index contributed by atoms with van der Waals surface area (Å²) in [4.78, 5) is 4.38. The molecule has 16 heavy (non-hydrogen) atoms. The summed E-state index contributed by atoms with van der Waals surface area (Å²) in [7, 11) is 3.29. The van der Waals surface area contributed by atoms with Gasteiger partial charge in [0.05, 0.1) is 19.9 Å². The van der Waals surface area contributed by atoms with Gasteiger partial charge < -0.3 is 9.47 Å². The first-order chi connectivity index (χ1) is 7.74. The molecule has 0 N–H and O–H groups in total. The fourth-order valence-electron chi connectivity index (χ4n) is 1.48. The summed E-state index contributed by atoms with van der Waals surface area (Å²) in [5.41, 5.74) is 3.19. The van der Waals surface area contributed by atoms with Crippen LogP contribution < -0.4 is 9.47 Å². The number of hydrogen-bond acceptors (Lipinski definition) is 4. The van der Waals surface area contributed by atoms with E-state index >= 15 is 0 Å². The molecule has 0 saturated carbocycles. The molecule has 0 aliphatic rings. The molecule has 84 valence electrons. The lowest BCUT2D eigenvalue weighted by Gasteiger charge is -2.05. The van der Waals surface area contributed by atoms with Crippen molar-refractivity contribution in [2.24, 2.45) is 0 Å². The lowest BCUT2D eigenvalue weighted by molar-refractivity contribution is 0.412. The van der Waals surface area contributed by atoms with Crippen LogP contribution in [0.25, 0.3) is 11.3 Å². The van der Waals surface area contributed by atoms with E-state index in [4.69, 9.17) is 9.47 Å². The topological polar surface area (TPSA) is 31.4 Å². The fourth-order valence-corrected chi connectivity index (χ4v) is 2.12. The zero-order valence-corrected chi connectivity index (χ0v) is 10.3. The van der Waals surface area contributed by atoms with Crippen LogP contribution in [0.15, 0.2) is 23.6 Å². The van der Waals surface area contributed by atoms with E-state index in [2.05, 4.69) is 11.9 Å². The van der Waals surface area contributed by atoms with Crippen molar-refractivity contribution in [3.8, 4) is 22.2 Å². The average Bonchev–Trinajstić information content (AvgIpc) is 2.78. The molecule has 0 fully saturated rings. The normalized spacial score (nSPS) is 10.2. The smallest absolute Gasteiger partial charge is 0.273 e. The first-order valence-corrected chi connectivity index (χ1v) is 5.77.